The molecule has 82 valence electrons. The Kier molecular flexibility index (Phi) is 3.52. The summed E-state index contributed by atoms with van der Waals surface area (Å²) in [6, 6.07) is 1.27. The Morgan fingerprint density at radius 2 is 2.00 bits per heavy atom. The van der Waals surface area contributed by atoms with Crippen molar-refractivity contribution in [2.75, 3.05) is 14.2 Å². The molecule has 5 heteroatoms. The summed E-state index contributed by atoms with van der Waals surface area (Å²) < 4.78 is 23.3. The van der Waals surface area contributed by atoms with E-state index in [1.165, 1.54) is 27.2 Å². The van der Waals surface area contributed by atoms with E-state index in [4.69, 9.17) is 21.1 Å². The summed E-state index contributed by atoms with van der Waals surface area (Å²) in [6.07, 6.45) is 0. The van der Waals surface area contributed by atoms with Crippen LogP contribution in [-0.2, 0) is 0 Å². The highest BCUT2D eigenvalue weighted by Gasteiger charge is 2.21. The predicted octanol–water partition coefficient (Wildman–Crippen LogP) is 2.70. The minimum absolute atomic E-state index is 0.0301. The summed E-state index contributed by atoms with van der Waals surface area (Å²) >= 11 is 5.81. The number of methoxy groups -OCH3 is 2. The van der Waals surface area contributed by atoms with E-state index >= 15 is 0 Å². The molecule has 0 N–H and O–H groups in total. The van der Waals surface area contributed by atoms with Crippen LogP contribution < -0.4 is 9.47 Å². The SMILES string of the molecule is COc1cc(Cl)c(OC)c(C(C)=O)c1F. The third-order valence-electron chi connectivity index (χ3n) is 1.91. The van der Waals surface area contributed by atoms with Gasteiger partial charge in [-0.3, -0.25) is 4.79 Å². The maximum Gasteiger partial charge on any atom is 0.179 e. The van der Waals surface area contributed by atoms with E-state index in [2.05, 4.69) is 0 Å². The second kappa shape index (κ2) is 4.49. The van der Waals surface area contributed by atoms with Crippen molar-refractivity contribution >= 4 is 17.4 Å². The number of hydrogen-bond acceptors (Lipinski definition) is 3. The molecule has 0 unspecified atom stereocenters. The average molecular weight is 233 g/mol. The molecule has 0 aliphatic heterocycles. The zero-order valence-corrected chi connectivity index (χ0v) is 9.31. The molecule has 0 fully saturated rings. The van der Waals surface area contributed by atoms with Gasteiger partial charge in [-0.2, -0.15) is 0 Å². The molecular formula is C10H10ClFO3. The molecule has 0 saturated carbocycles. The van der Waals surface area contributed by atoms with Crippen molar-refractivity contribution in [2.24, 2.45) is 0 Å². The normalized spacial score (nSPS) is 9.93. The number of carbonyl (C=O) groups excluding carboxylic acids is 1. The number of carbonyl (C=O) groups is 1. The Balaban J connectivity index is 3.55. The molecular weight excluding hydrogens is 223 g/mol. The van der Waals surface area contributed by atoms with Crippen LogP contribution in [0.25, 0.3) is 0 Å². The van der Waals surface area contributed by atoms with Crippen LogP contribution >= 0.6 is 11.6 Å². The Labute approximate surface area is 91.7 Å². The van der Waals surface area contributed by atoms with E-state index < -0.39 is 11.6 Å². The van der Waals surface area contributed by atoms with Gasteiger partial charge in [0.05, 0.1) is 19.2 Å². The minimum Gasteiger partial charge on any atom is -0.494 e. The van der Waals surface area contributed by atoms with Crippen LogP contribution in [0.1, 0.15) is 17.3 Å². The molecule has 0 aliphatic carbocycles. The number of rotatable bonds is 3. The van der Waals surface area contributed by atoms with Gasteiger partial charge in [0.1, 0.15) is 5.56 Å². The number of ketones is 1. The standard InChI is InChI=1S/C10H10ClFO3/c1-5(13)8-9(12)7(14-2)4-6(11)10(8)15-3/h4H,1-3H3. The van der Waals surface area contributed by atoms with Crippen molar-refractivity contribution < 1.29 is 18.7 Å². The molecule has 1 rings (SSSR count). The van der Waals surface area contributed by atoms with E-state index in [0.29, 0.717) is 0 Å². The average Bonchev–Trinajstić information content (AvgIpc) is 2.19. The smallest absolute Gasteiger partial charge is 0.179 e. The Hall–Kier alpha value is -1.29. The third kappa shape index (κ3) is 2.04. The van der Waals surface area contributed by atoms with Crippen molar-refractivity contribution in [3.63, 3.8) is 0 Å². The van der Waals surface area contributed by atoms with Gasteiger partial charge in [0.15, 0.2) is 23.1 Å². The largest absolute Gasteiger partial charge is 0.494 e. The van der Waals surface area contributed by atoms with Gasteiger partial charge in [-0.25, -0.2) is 4.39 Å². The van der Waals surface area contributed by atoms with E-state index in [0.717, 1.165) is 0 Å². The molecule has 0 heterocycles. The maximum atomic E-state index is 13.7. The van der Waals surface area contributed by atoms with Gasteiger partial charge < -0.3 is 9.47 Å². The van der Waals surface area contributed by atoms with Crippen molar-refractivity contribution in [1.82, 2.24) is 0 Å². The number of halogens is 2. The zero-order chi connectivity index (χ0) is 11.6. The third-order valence-corrected chi connectivity index (χ3v) is 2.19. The fraction of sp³-hybridized carbons (Fsp3) is 0.300. The van der Waals surface area contributed by atoms with Gasteiger partial charge in [0.25, 0.3) is 0 Å². The second-order valence-electron chi connectivity index (χ2n) is 2.84. The molecule has 0 radical (unpaired) electrons. The number of benzene rings is 1. The van der Waals surface area contributed by atoms with Crippen molar-refractivity contribution in [3.05, 3.63) is 22.5 Å². The molecule has 1 aromatic carbocycles. The molecule has 0 atom stereocenters. The lowest BCUT2D eigenvalue weighted by atomic mass is 10.1. The van der Waals surface area contributed by atoms with Gasteiger partial charge in [0.2, 0.25) is 0 Å². The van der Waals surface area contributed by atoms with Crippen LogP contribution in [0.2, 0.25) is 5.02 Å². The highest BCUT2D eigenvalue weighted by atomic mass is 35.5. The molecule has 1 aromatic rings. The fourth-order valence-corrected chi connectivity index (χ4v) is 1.52. The van der Waals surface area contributed by atoms with E-state index in [1.807, 2.05) is 0 Å². The van der Waals surface area contributed by atoms with Gasteiger partial charge in [0, 0.05) is 6.07 Å². The van der Waals surface area contributed by atoms with Gasteiger partial charge >= 0.3 is 0 Å². The van der Waals surface area contributed by atoms with E-state index in [9.17, 15) is 9.18 Å². The first-order valence-electron chi connectivity index (χ1n) is 4.13. The monoisotopic (exact) mass is 232 g/mol. The van der Waals surface area contributed by atoms with Crippen LogP contribution in [-0.4, -0.2) is 20.0 Å². The van der Waals surface area contributed by atoms with Gasteiger partial charge in [-0.1, -0.05) is 11.6 Å². The fourth-order valence-electron chi connectivity index (χ4n) is 1.25. The Morgan fingerprint density at radius 3 is 2.40 bits per heavy atom. The van der Waals surface area contributed by atoms with E-state index in [1.54, 1.807) is 0 Å². The highest BCUT2D eigenvalue weighted by molar-refractivity contribution is 6.33. The first-order valence-corrected chi connectivity index (χ1v) is 4.51. The van der Waals surface area contributed by atoms with Crippen LogP contribution in [0.4, 0.5) is 4.39 Å². The summed E-state index contributed by atoms with van der Waals surface area (Å²) in [4.78, 5) is 11.2. The topological polar surface area (TPSA) is 35.5 Å². The van der Waals surface area contributed by atoms with Crippen LogP contribution in [0.5, 0.6) is 11.5 Å². The van der Waals surface area contributed by atoms with Crippen molar-refractivity contribution in [1.29, 1.82) is 0 Å². The Bertz CT molecular complexity index is 404. The first-order chi connectivity index (χ1) is 7.02. The summed E-state index contributed by atoms with van der Waals surface area (Å²) in [5.74, 6) is -1.27. The number of hydrogen-bond donors (Lipinski definition) is 0. The van der Waals surface area contributed by atoms with E-state index in [-0.39, 0.29) is 22.1 Å². The molecule has 3 nitrogen and oxygen atoms in total. The van der Waals surface area contributed by atoms with Crippen LogP contribution in [0.3, 0.4) is 0 Å². The zero-order valence-electron chi connectivity index (χ0n) is 8.56. The molecule has 15 heavy (non-hydrogen) atoms. The van der Waals surface area contributed by atoms with Gasteiger partial charge in [-0.05, 0) is 6.92 Å². The first kappa shape index (κ1) is 11.8. The summed E-state index contributed by atoms with van der Waals surface area (Å²) in [6.45, 7) is 1.23. The predicted molar refractivity (Wildman–Crippen MR) is 54.5 cm³/mol. The lowest BCUT2D eigenvalue weighted by Crippen LogP contribution is -2.04. The molecule has 0 bridgehead atoms. The minimum atomic E-state index is -0.758. The second-order valence-corrected chi connectivity index (χ2v) is 3.25. The van der Waals surface area contributed by atoms with Crippen molar-refractivity contribution in [2.45, 2.75) is 6.92 Å². The number of ether oxygens (including phenoxy) is 2. The molecule has 0 saturated heterocycles. The lowest BCUT2D eigenvalue weighted by Gasteiger charge is -2.11. The molecule has 0 spiro atoms. The molecule has 0 amide bonds. The van der Waals surface area contributed by atoms with Crippen LogP contribution in [0.15, 0.2) is 6.07 Å². The number of Topliss-reactive ketones (excluding diaryl/α,β-unsaturated/α-hetero) is 1. The molecule has 0 aliphatic rings. The summed E-state index contributed by atoms with van der Waals surface area (Å²) in [5.41, 5.74) is -0.193. The highest BCUT2D eigenvalue weighted by Crippen LogP contribution is 2.36. The summed E-state index contributed by atoms with van der Waals surface area (Å²) in [7, 11) is 2.62. The quantitative estimate of drug-likeness (QED) is 0.752. The van der Waals surface area contributed by atoms with Gasteiger partial charge in [-0.15, -0.1) is 0 Å². The van der Waals surface area contributed by atoms with Crippen molar-refractivity contribution in [3.8, 4) is 11.5 Å². The summed E-state index contributed by atoms with van der Waals surface area (Å²) in [5, 5.41) is 0.140. The Morgan fingerprint density at radius 1 is 1.40 bits per heavy atom. The lowest BCUT2D eigenvalue weighted by molar-refractivity contribution is 0.101. The molecule has 0 aromatic heterocycles. The maximum absolute atomic E-state index is 13.7. The van der Waals surface area contributed by atoms with Crippen LogP contribution in [0, 0.1) is 5.82 Å².